The van der Waals surface area contributed by atoms with Crippen molar-refractivity contribution in [3.8, 4) is 0 Å². The number of nitrogens with one attached hydrogen (secondary N) is 1. The summed E-state index contributed by atoms with van der Waals surface area (Å²) in [5.41, 5.74) is 2.75. The van der Waals surface area contributed by atoms with E-state index in [1.54, 1.807) is 0 Å². The average Bonchev–Trinajstić information content (AvgIpc) is 2.17. The maximum atomic E-state index is 4.82. The van der Waals surface area contributed by atoms with E-state index in [-0.39, 0.29) is 0 Å². The molecule has 0 aromatic carbocycles. The van der Waals surface area contributed by atoms with Crippen LogP contribution in [0.25, 0.3) is 0 Å². The number of hydrogen-bond acceptors (Lipinski definition) is 4. The van der Waals surface area contributed by atoms with Crippen molar-refractivity contribution in [3.05, 3.63) is 0 Å². The summed E-state index contributed by atoms with van der Waals surface area (Å²) in [6.45, 7) is 5.10. The Balaban J connectivity index is 3.33. The van der Waals surface area contributed by atoms with Gasteiger partial charge in [-0.3, -0.25) is 0 Å². The predicted molar refractivity (Wildman–Crippen MR) is 50.7 cm³/mol. The van der Waals surface area contributed by atoms with Crippen LogP contribution in [0.5, 0.6) is 0 Å². The van der Waals surface area contributed by atoms with Crippen LogP contribution in [-0.4, -0.2) is 12.9 Å². The minimum absolute atomic E-state index is 0.629. The quantitative estimate of drug-likeness (QED) is 0.157. The Labute approximate surface area is 78.2 Å². The predicted octanol–water partition coefficient (Wildman–Crippen LogP) is 1.21. The molecule has 13 heavy (non-hydrogen) atoms. The standard InChI is InChI=1S/C7H17N5O/c1-3-7(4-2)5-10-13-6-9-12-11-8/h6-7,10H,3-5H2,1-2H3,(H2,8,12). The van der Waals surface area contributed by atoms with E-state index in [0.717, 1.165) is 25.8 Å². The van der Waals surface area contributed by atoms with Crippen LogP contribution in [0.1, 0.15) is 26.7 Å². The first kappa shape index (κ1) is 11.8. The molecule has 0 fully saturated rings. The fourth-order valence-electron chi connectivity index (χ4n) is 0.855. The molecule has 0 aliphatic rings. The maximum Gasteiger partial charge on any atom is 0.223 e. The maximum absolute atomic E-state index is 4.82. The molecule has 0 aliphatic heterocycles. The van der Waals surface area contributed by atoms with Gasteiger partial charge in [-0.2, -0.15) is 5.48 Å². The van der Waals surface area contributed by atoms with E-state index in [0.29, 0.717) is 5.92 Å². The molecule has 0 atom stereocenters. The molecule has 0 rings (SSSR count). The van der Waals surface area contributed by atoms with E-state index in [4.69, 9.17) is 10.7 Å². The van der Waals surface area contributed by atoms with E-state index >= 15 is 0 Å². The summed E-state index contributed by atoms with van der Waals surface area (Å²) < 4.78 is 0. The van der Waals surface area contributed by atoms with Gasteiger partial charge in [0, 0.05) is 6.54 Å². The molecule has 0 amide bonds. The second-order valence-corrected chi connectivity index (χ2v) is 2.57. The van der Waals surface area contributed by atoms with Crippen molar-refractivity contribution >= 4 is 6.40 Å². The fraction of sp³-hybridized carbons (Fsp3) is 0.857. The normalized spacial score (nSPS) is 11.9. The molecule has 76 valence electrons. The Kier molecular flexibility index (Phi) is 8.12. The summed E-state index contributed by atoms with van der Waals surface area (Å²) in [6, 6.07) is 0. The molecule has 0 unspecified atom stereocenters. The van der Waals surface area contributed by atoms with Crippen molar-refractivity contribution in [1.29, 1.82) is 0 Å². The highest BCUT2D eigenvalue weighted by Crippen LogP contribution is 2.04. The summed E-state index contributed by atoms with van der Waals surface area (Å²) in [4.78, 5) is 4.82. The molecule has 0 spiro atoms. The first-order chi connectivity index (χ1) is 6.35. The summed E-state index contributed by atoms with van der Waals surface area (Å²) in [6.07, 6.45) is 3.41. The number of hydroxylamine groups is 1. The van der Waals surface area contributed by atoms with Gasteiger partial charge >= 0.3 is 0 Å². The highest BCUT2D eigenvalue weighted by atomic mass is 16.6. The van der Waals surface area contributed by atoms with E-state index in [2.05, 4.69) is 34.9 Å². The lowest BCUT2D eigenvalue weighted by Gasteiger charge is -2.10. The lowest BCUT2D eigenvalue weighted by molar-refractivity contribution is 0.170. The number of rotatable bonds is 7. The fourth-order valence-corrected chi connectivity index (χ4v) is 0.855. The van der Waals surface area contributed by atoms with Crippen LogP contribution in [-0.2, 0) is 4.84 Å². The van der Waals surface area contributed by atoms with E-state index in [1.165, 1.54) is 0 Å². The largest absolute Gasteiger partial charge is 0.395 e. The minimum atomic E-state index is 0.629. The smallest absolute Gasteiger partial charge is 0.223 e. The molecule has 0 radical (unpaired) electrons. The van der Waals surface area contributed by atoms with E-state index in [1.807, 2.05) is 0 Å². The molecule has 0 bridgehead atoms. The number of nitrogens with zero attached hydrogens (tertiary/aromatic N) is 3. The molecule has 0 aromatic heterocycles. The van der Waals surface area contributed by atoms with Crippen LogP contribution >= 0.6 is 0 Å². The molecule has 0 aliphatic carbocycles. The van der Waals surface area contributed by atoms with Gasteiger partial charge in [-0.25, -0.2) is 0 Å². The molecule has 0 aromatic rings. The Bertz CT molecular complexity index is 155. The van der Waals surface area contributed by atoms with Crippen LogP contribution in [0.4, 0.5) is 0 Å². The van der Waals surface area contributed by atoms with Gasteiger partial charge in [-0.15, -0.1) is 0 Å². The van der Waals surface area contributed by atoms with Crippen molar-refractivity contribution in [2.45, 2.75) is 26.7 Å². The first-order valence-corrected chi connectivity index (χ1v) is 4.35. The molecule has 0 heterocycles. The zero-order valence-corrected chi connectivity index (χ0v) is 8.10. The van der Waals surface area contributed by atoms with Crippen molar-refractivity contribution in [3.63, 3.8) is 0 Å². The summed E-state index contributed by atoms with van der Waals surface area (Å²) in [7, 11) is 0. The molecular formula is C7H17N5O. The molecule has 3 N–H and O–H groups in total. The van der Waals surface area contributed by atoms with Gasteiger partial charge in [-0.05, 0) is 11.1 Å². The molecule has 0 saturated heterocycles. The molecule has 0 saturated carbocycles. The van der Waals surface area contributed by atoms with Gasteiger partial charge in [0.25, 0.3) is 0 Å². The minimum Gasteiger partial charge on any atom is -0.395 e. The Morgan fingerprint density at radius 3 is 2.69 bits per heavy atom. The second-order valence-electron chi connectivity index (χ2n) is 2.57. The van der Waals surface area contributed by atoms with Crippen LogP contribution in [0, 0.1) is 5.92 Å². The molecule has 6 nitrogen and oxygen atoms in total. The topological polar surface area (TPSA) is 84.4 Å². The summed E-state index contributed by atoms with van der Waals surface area (Å²) >= 11 is 0. The van der Waals surface area contributed by atoms with Crippen molar-refractivity contribution in [2.24, 2.45) is 27.3 Å². The monoisotopic (exact) mass is 187 g/mol. The zero-order valence-electron chi connectivity index (χ0n) is 8.10. The Hall–Kier alpha value is -1.17. The van der Waals surface area contributed by atoms with Gasteiger partial charge in [0.2, 0.25) is 6.40 Å². The third-order valence-corrected chi connectivity index (χ3v) is 1.81. The van der Waals surface area contributed by atoms with Crippen LogP contribution in [0.2, 0.25) is 0 Å². The third-order valence-electron chi connectivity index (χ3n) is 1.81. The first-order valence-electron chi connectivity index (χ1n) is 4.35. The number of hydrogen-bond donors (Lipinski definition) is 2. The SMILES string of the molecule is CCC(CC)CNOC=NN=NN. The Morgan fingerprint density at radius 1 is 1.46 bits per heavy atom. The lowest BCUT2D eigenvalue weighted by Crippen LogP contribution is -2.21. The summed E-state index contributed by atoms with van der Waals surface area (Å²) in [5.74, 6) is 5.33. The Morgan fingerprint density at radius 2 is 2.15 bits per heavy atom. The lowest BCUT2D eigenvalue weighted by atomic mass is 10.0. The van der Waals surface area contributed by atoms with Crippen LogP contribution in [0.3, 0.4) is 0 Å². The van der Waals surface area contributed by atoms with Crippen LogP contribution in [0.15, 0.2) is 15.5 Å². The van der Waals surface area contributed by atoms with Gasteiger partial charge in [0.1, 0.15) is 0 Å². The average molecular weight is 187 g/mol. The third kappa shape index (κ3) is 7.20. The highest BCUT2D eigenvalue weighted by molar-refractivity contribution is 5.45. The van der Waals surface area contributed by atoms with Crippen molar-refractivity contribution < 1.29 is 4.84 Å². The molecule has 6 heteroatoms. The zero-order chi connectivity index (χ0) is 9.94. The van der Waals surface area contributed by atoms with Gasteiger partial charge in [-0.1, -0.05) is 37.0 Å². The van der Waals surface area contributed by atoms with E-state index in [9.17, 15) is 0 Å². The van der Waals surface area contributed by atoms with Crippen molar-refractivity contribution in [1.82, 2.24) is 5.48 Å². The van der Waals surface area contributed by atoms with Gasteiger partial charge in [0.15, 0.2) is 0 Å². The molecular weight excluding hydrogens is 170 g/mol. The summed E-state index contributed by atoms with van der Waals surface area (Å²) in [5, 5.41) is 9.42. The van der Waals surface area contributed by atoms with E-state index < -0.39 is 0 Å². The van der Waals surface area contributed by atoms with Gasteiger partial charge < -0.3 is 10.7 Å². The second kappa shape index (κ2) is 8.92. The van der Waals surface area contributed by atoms with Crippen LogP contribution < -0.4 is 11.3 Å². The number of nitrogens with two attached hydrogens (primary N) is 1. The van der Waals surface area contributed by atoms with Gasteiger partial charge in [0.05, 0.1) is 0 Å². The highest BCUT2D eigenvalue weighted by Gasteiger charge is 2.01. The van der Waals surface area contributed by atoms with Crippen molar-refractivity contribution in [2.75, 3.05) is 6.54 Å².